The molecule has 0 radical (unpaired) electrons. The quantitative estimate of drug-likeness (QED) is 0.691. The number of carbonyl (C=O) groups excluding carboxylic acids is 1. The molecule has 0 bridgehead atoms. The monoisotopic (exact) mass is 447 g/mol. The highest BCUT2D eigenvalue weighted by Gasteiger charge is 2.27. The first-order valence-corrected chi connectivity index (χ1v) is 11.3. The van der Waals surface area contributed by atoms with Gasteiger partial charge in [-0.25, -0.2) is 14.8 Å². The highest BCUT2D eigenvalue weighted by atomic mass is 35.5. The maximum atomic E-state index is 12.7. The van der Waals surface area contributed by atoms with E-state index >= 15 is 0 Å². The molecule has 30 heavy (non-hydrogen) atoms. The van der Waals surface area contributed by atoms with E-state index in [2.05, 4.69) is 20.6 Å². The van der Waals surface area contributed by atoms with Crippen LogP contribution in [0.3, 0.4) is 0 Å². The van der Waals surface area contributed by atoms with Gasteiger partial charge in [0, 0.05) is 42.5 Å². The maximum absolute atomic E-state index is 12.7. The number of nitrogens with zero attached hydrogens (tertiary/aromatic N) is 3. The number of hydrogen-bond acceptors (Lipinski definition) is 4. The molecule has 2 aliphatic rings. The van der Waals surface area contributed by atoms with Gasteiger partial charge in [-0.15, -0.1) is 0 Å². The molecule has 160 valence electrons. The summed E-state index contributed by atoms with van der Waals surface area (Å²) in [6, 6.07) is 3.70. The molecule has 8 heteroatoms. The van der Waals surface area contributed by atoms with Gasteiger partial charge in [-0.05, 0) is 51.3 Å². The molecule has 1 aliphatic heterocycles. The summed E-state index contributed by atoms with van der Waals surface area (Å²) in [6.45, 7) is 3.79. The van der Waals surface area contributed by atoms with Gasteiger partial charge in [0.25, 0.3) is 0 Å². The van der Waals surface area contributed by atoms with Crippen LogP contribution >= 0.6 is 23.2 Å². The van der Waals surface area contributed by atoms with E-state index in [4.69, 9.17) is 23.2 Å². The van der Waals surface area contributed by atoms with Crippen LogP contribution < -0.4 is 10.6 Å². The summed E-state index contributed by atoms with van der Waals surface area (Å²) in [5.74, 6) is 1.40. The van der Waals surface area contributed by atoms with E-state index in [9.17, 15) is 4.79 Å². The zero-order valence-electron chi connectivity index (χ0n) is 17.3. The van der Waals surface area contributed by atoms with E-state index in [-0.39, 0.29) is 18.1 Å². The molecule has 6 nitrogen and oxygen atoms in total. The average molecular weight is 448 g/mol. The van der Waals surface area contributed by atoms with Crippen LogP contribution in [0, 0.1) is 0 Å². The Labute approximate surface area is 187 Å². The molecule has 1 aromatic carbocycles. The van der Waals surface area contributed by atoms with Crippen molar-refractivity contribution in [1.82, 2.24) is 25.5 Å². The van der Waals surface area contributed by atoms with Crippen LogP contribution in [0.5, 0.6) is 0 Å². The Morgan fingerprint density at radius 2 is 1.80 bits per heavy atom. The predicted octanol–water partition coefficient (Wildman–Crippen LogP) is 4.78. The van der Waals surface area contributed by atoms with Crippen LogP contribution in [0.2, 0.25) is 10.0 Å². The smallest absolute Gasteiger partial charge is 0.317 e. The van der Waals surface area contributed by atoms with Crippen LogP contribution in [0.1, 0.15) is 56.0 Å². The summed E-state index contributed by atoms with van der Waals surface area (Å²) in [7, 11) is 1.85. The van der Waals surface area contributed by atoms with Gasteiger partial charge in [-0.3, -0.25) is 0 Å². The molecule has 1 atom stereocenters. The van der Waals surface area contributed by atoms with Crippen LogP contribution in [-0.4, -0.2) is 47.1 Å². The number of benzene rings is 1. The molecule has 1 aliphatic carbocycles. The third kappa shape index (κ3) is 4.56. The van der Waals surface area contributed by atoms with Crippen molar-refractivity contribution in [2.45, 2.75) is 50.6 Å². The van der Waals surface area contributed by atoms with Crippen molar-refractivity contribution < 1.29 is 4.79 Å². The van der Waals surface area contributed by atoms with Crippen molar-refractivity contribution in [2.24, 2.45) is 0 Å². The average Bonchev–Trinajstić information content (AvgIpc) is 3.61. The lowest BCUT2D eigenvalue weighted by atomic mass is 10.0. The summed E-state index contributed by atoms with van der Waals surface area (Å²) >= 11 is 13.2. The number of carbonyl (C=O) groups is 1. The second kappa shape index (κ2) is 9.08. The Morgan fingerprint density at radius 1 is 1.13 bits per heavy atom. The molecular formula is C22H27Cl2N5O. The van der Waals surface area contributed by atoms with Gasteiger partial charge in [0.05, 0.1) is 16.1 Å². The van der Waals surface area contributed by atoms with Crippen molar-refractivity contribution in [2.75, 3.05) is 20.1 Å². The van der Waals surface area contributed by atoms with Crippen molar-refractivity contribution in [3.05, 3.63) is 46.0 Å². The van der Waals surface area contributed by atoms with E-state index in [0.29, 0.717) is 16.0 Å². The second-order valence-electron chi connectivity index (χ2n) is 8.20. The zero-order valence-corrected chi connectivity index (χ0v) is 18.8. The van der Waals surface area contributed by atoms with Gasteiger partial charge < -0.3 is 15.5 Å². The number of urea groups is 1. The number of halogens is 2. The lowest BCUT2D eigenvalue weighted by Crippen LogP contribution is -2.48. The summed E-state index contributed by atoms with van der Waals surface area (Å²) in [4.78, 5) is 23.4. The van der Waals surface area contributed by atoms with Crippen molar-refractivity contribution in [3.63, 3.8) is 0 Å². The highest BCUT2D eigenvalue weighted by molar-refractivity contribution is 6.44. The van der Waals surface area contributed by atoms with Crippen LogP contribution in [0.15, 0.2) is 24.5 Å². The first-order chi connectivity index (χ1) is 14.5. The molecule has 2 aromatic rings. The minimum Gasteiger partial charge on any atom is -0.331 e. The van der Waals surface area contributed by atoms with Gasteiger partial charge in [-0.1, -0.05) is 35.3 Å². The number of nitrogens with one attached hydrogen (secondary N) is 2. The maximum Gasteiger partial charge on any atom is 0.317 e. The molecule has 2 heterocycles. The summed E-state index contributed by atoms with van der Waals surface area (Å²) in [5, 5.41) is 7.26. The third-order valence-electron chi connectivity index (χ3n) is 6.02. The molecule has 2 amide bonds. The van der Waals surface area contributed by atoms with Gasteiger partial charge in [0.2, 0.25) is 0 Å². The van der Waals surface area contributed by atoms with Crippen molar-refractivity contribution in [1.29, 1.82) is 0 Å². The fourth-order valence-electron chi connectivity index (χ4n) is 3.88. The molecule has 1 unspecified atom stereocenters. The normalized spacial score (nSPS) is 18.1. The second-order valence-corrected chi connectivity index (χ2v) is 8.95. The SMILES string of the molecule is CC(NC(=O)N(C)C1CCNCC1)c1ccc(-c2cnc(C3CC3)nc2)c(Cl)c1Cl. The van der Waals surface area contributed by atoms with Gasteiger partial charge in [-0.2, -0.15) is 0 Å². The number of aromatic nitrogens is 2. The molecular weight excluding hydrogens is 421 g/mol. The van der Waals surface area contributed by atoms with E-state index in [1.165, 1.54) is 0 Å². The Bertz CT molecular complexity index is 910. The Morgan fingerprint density at radius 3 is 2.43 bits per heavy atom. The topological polar surface area (TPSA) is 70.2 Å². The largest absolute Gasteiger partial charge is 0.331 e. The fraction of sp³-hybridized carbons (Fsp3) is 0.500. The Balaban J connectivity index is 1.47. The molecule has 1 aromatic heterocycles. The van der Waals surface area contributed by atoms with Gasteiger partial charge >= 0.3 is 6.03 Å². The van der Waals surface area contributed by atoms with E-state index in [1.54, 1.807) is 17.3 Å². The van der Waals surface area contributed by atoms with Crippen LogP contribution in [0.4, 0.5) is 4.79 Å². The Kier molecular flexibility index (Phi) is 6.46. The number of piperidine rings is 1. The van der Waals surface area contributed by atoms with Gasteiger partial charge in [0.1, 0.15) is 5.82 Å². The first kappa shape index (κ1) is 21.3. The summed E-state index contributed by atoms with van der Waals surface area (Å²) in [5.41, 5.74) is 2.41. The van der Waals surface area contributed by atoms with Crippen molar-refractivity contribution >= 4 is 29.2 Å². The fourth-order valence-corrected chi connectivity index (χ4v) is 4.49. The summed E-state index contributed by atoms with van der Waals surface area (Å²) < 4.78 is 0. The highest BCUT2D eigenvalue weighted by Crippen LogP contribution is 2.40. The Hall–Kier alpha value is -1.89. The standard InChI is InChI=1S/C22H27Cl2N5O/c1-13(28-22(30)29(2)16-7-9-25-10-8-16)17-5-6-18(20(24)19(17)23)15-11-26-21(27-12-15)14-3-4-14/h5-6,11-14,16,25H,3-4,7-10H2,1-2H3,(H,28,30). The predicted molar refractivity (Wildman–Crippen MR) is 120 cm³/mol. The minimum atomic E-state index is -0.269. The summed E-state index contributed by atoms with van der Waals surface area (Å²) in [6.07, 6.45) is 7.85. The van der Waals surface area contributed by atoms with E-state index in [0.717, 1.165) is 61.3 Å². The van der Waals surface area contributed by atoms with Crippen LogP contribution in [-0.2, 0) is 0 Å². The van der Waals surface area contributed by atoms with E-state index < -0.39 is 0 Å². The lowest BCUT2D eigenvalue weighted by molar-refractivity contribution is 0.174. The third-order valence-corrected chi connectivity index (χ3v) is 6.92. The first-order valence-electron chi connectivity index (χ1n) is 10.5. The van der Waals surface area contributed by atoms with Crippen LogP contribution in [0.25, 0.3) is 11.1 Å². The molecule has 2 N–H and O–H groups in total. The number of rotatable bonds is 5. The van der Waals surface area contributed by atoms with E-state index in [1.807, 2.05) is 26.1 Å². The number of amides is 2. The zero-order chi connectivity index (χ0) is 21.3. The molecule has 4 rings (SSSR count). The molecule has 1 saturated carbocycles. The lowest BCUT2D eigenvalue weighted by Gasteiger charge is -2.32. The number of hydrogen-bond donors (Lipinski definition) is 2. The molecule has 2 fully saturated rings. The molecule has 0 spiro atoms. The van der Waals surface area contributed by atoms with Crippen molar-refractivity contribution in [3.8, 4) is 11.1 Å². The minimum absolute atomic E-state index is 0.102. The molecule has 1 saturated heterocycles. The van der Waals surface area contributed by atoms with Gasteiger partial charge in [0.15, 0.2) is 0 Å².